The number of thioether (sulfide) groups is 1. The van der Waals surface area contributed by atoms with Crippen molar-refractivity contribution in [2.45, 2.75) is 21.6 Å². The van der Waals surface area contributed by atoms with E-state index in [1.807, 2.05) is 36.6 Å². The summed E-state index contributed by atoms with van der Waals surface area (Å²) in [6.45, 7) is 2.09. The first-order chi connectivity index (χ1) is 8.76. The van der Waals surface area contributed by atoms with Crippen molar-refractivity contribution in [1.82, 2.24) is 0 Å². The molecule has 90 valence electrons. The topological polar surface area (TPSA) is 23.8 Å². The molecule has 0 aliphatic rings. The van der Waals surface area contributed by atoms with Crippen LogP contribution in [0, 0.1) is 18.3 Å². The number of benzene rings is 2. The third-order valence-corrected chi connectivity index (χ3v) is 4.65. The van der Waals surface area contributed by atoms with E-state index in [-0.39, 0.29) is 0 Å². The summed E-state index contributed by atoms with van der Waals surface area (Å²) in [5, 5.41) is 9.30. The van der Waals surface area contributed by atoms with Gasteiger partial charge in [-0.25, -0.2) is 0 Å². The number of nitrogens with zero attached hydrogens (tertiary/aromatic N) is 1. The Hall–Kier alpha value is -1.37. The summed E-state index contributed by atoms with van der Waals surface area (Å²) >= 11 is 3.27. The lowest BCUT2D eigenvalue weighted by Crippen LogP contribution is -1.86. The van der Waals surface area contributed by atoms with Gasteiger partial charge in [0.05, 0.1) is 5.56 Å². The van der Waals surface area contributed by atoms with Crippen LogP contribution in [0.2, 0.25) is 0 Å². The Labute approximate surface area is 116 Å². The number of hydrogen-bond donors (Lipinski definition) is 0. The molecule has 0 aromatic heterocycles. The van der Waals surface area contributed by atoms with E-state index in [0.29, 0.717) is 0 Å². The first-order valence-corrected chi connectivity index (χ1v) is 7.61. The molecule has 0 amide bonds. The maximum Gasteiger partial charge on any atom is 0.101 e. The van der Waals surface area contributed by atoms with E-state index in [2.05, 4.69) is 25.1 Å². The number of rotatable bonds is 3. The number of nitriles is 1. The van der Waals surface area contributed by atoms with Crippen molar-refractivity contribution in [1.29, 1.82) is 5.26 Å². The van der Waals surface area contributed by atoms with Gasteiger partial charge in [0.25, 0.3) is 0 Å². The van der Waals surface area contributed by atoms with Gasteiger partial charge >= 0.3 is 0 Å². The monoisotopic (exact) mass is 271 g/mol. The second-order valence-corrected chi connectivity index (χ2v) is 5.74. The van der Waals surface area contributed by atoms with Gasteiger partial charge in [-0.05, 0) is 36.9 Å². The van der Waals surface area contributed by atoms with Crippen molar-refractivity contribution < 1.29 is 0 Å². The predicted molar refractivity (Wildman–Crippen MR) is 78.2 cm³/mol. The van der Waals surface area contributed by atoms with Gasteiger partial charge < -0.3 is 0 Å². The highest BCUT2D eigenvalue weighted by Gasteiger charge is 2.09. The summed E-state index contributed by atoms with van der Waals surface area (Å²) in [5.74, 6) is 0. The van der Waals surface area contributed by atoms with Gasteiger partial charge in [-0.3, -0.25) is 0 Å². The van der Waals surface area contributed by atoms with Crippen molar-refractivity contribution in [3.63, 3.8) is 0 Å². The minimum atomic E-state index is 0.776. The Morgan fingerprint density at radius 3 is 2.28 bits per heavy atom. The molecule has 0 aliphatic carbocycles. The highest BCUT2D eigenvalue weighted by Crippen LogP contribution is 2.35. The Morgan fingerprint density at radius 1 is 0.944 bits per heavy atom. The standard InChI is InChI=1S/C15H13NS2/c1-11-6-3-4-7-13(11)18-15-9-5-8-14(17-2)12(15)10-16/h3-9H,1-2H3. The molecule has 0 saturated carbocycles. The molecule has 0 spiro atoms. The molecule has 0 N–H and O–H groups in total. The van der Waals surface area contributed by atoms with Crippen LogP contribution in [0.1, 0.15) is 11.1 Å². The summed E-state index contributed by atoms with van der Waals surface area (Å²) < 4.78 is 0. The van der Waals surface area contributed by atoms with Crippen LogP contribution < -0.4 is 0 Å². The summed E-state index contributed by atoms with van der Waals surface area (Å²) in [7, 11) is 0. The zero-order valence-electron chi connectivity index (χ0n) is 10.3. The smallest absolute Gasteiger partial charge is 0.101 e. The van der Waals surface area contributed by atoms with Crippen LogP contribution in [-0.4, -0.2) is 6.26 Å². The van der Waals surface area contributed by atoms with Crippen LogP contribution in [0.3, 0.4) is 0 Å². The molecule has 0 radical (unpaired) electrons. The van der Waals surface area contributed by atoms with Gasteiger partial charge in [-0.15, -0.1) is 11.8 Å². The Bertz CT molecular complexity index is 600. The predicted octanol–water partition coefficient (Wildman–Crippen LogP) is 4.74. The molecule has 0 saturated heterocycles. The SMILES string of the molecule is CSc1cccc(Sc2ccccc2C)c1C#N. The molecule has 2 aromatic rings. The van der Waals surface area contributed by atoms with Gasteiger partial charge in [0.2, 0.25) is 0 Å². The minimum Gasteiger partial charge on any atom is -0.192 e. The largest absolute Gasteiger partial charge is 0.192 e. The molecule has 0 atom stereocenters. The Balaban J connectivity index is 2.42. The second-order valence-electron chi connectivity index (χ2n) is 3.81. The van der Waals surface area contributed by atoms with Crippen molar-refractivity contribution in [3.8, 4) is 6.07 Å². The van der Waals surface area contributed by atoms with Crippen LogP contribution in [0.4, 0.5) is 0 Å². The van der Waals surface area contributed by atoms with Gasteiger partial charge in [0, 0.05) is 14.7 Å². The molecule has 18 heavy (non-hydrogen) atoms. The molecule has 0 fully saturated rings. The van der Waals surface area contributed by atoms with E-state index in [1.54, 1.807) is 23.5 Å². The number of hydrogen-bond acceptors (Lipinski definition) is 3. The molecule has 0 unspecified atom stereocenters. The Kier molecular flexibility index (Phi) is 4.35. The van der Waals surface area contributed by atoms with Gasteiger partial charge in [-0.2, -0.15) is 5.26 Å². The average Bonchev–Trinajstić information content (AvgIpc) is 2.41. The van der Waals surface area contributed by atoms with Gasteiger partial charge in [0.15, 0.2) is 0 Å². The van der Waals surface area contributed by atoms with Crippen LogP contribution in [-0.2, 0) is 0 Å². The van der Waals surface area contributed by atoms with Crippen molar-refractivity contribution >= 4 is 23.5 Å². The Morgan fingerprint density at radius 2 is 1.61 bits per heavy atom. The lowest BCUT2D eigenvalue weighted by molar-refractivity contribution is 1.24. The summed E-state index contributed by atoms with van der Waals surface area (Å²) in [4.78, 5) is 3.27. The second kappa shape index (κ2) is 5.99. The van der Waals surface area contributed by atoms with Crippen molar-refractivity contribution in [2.24, 2.45) is 0 Å². The molecule has 2 aromatic carbocycles. The van der Waals surface area contributed by atoms with E-state index in [1.165, 1.54) is 10.5 Å². The molecular formula is C15H13NS2. The molecular weight excluding hydrogens is 258 g/mol. The normalized spacial score (nSPS) is 10.1. The lowest BCUT2D eigenvalue weighted by atomic mass is 10.2. The first-order valence-electron chi connectivity index (χ1n) is 5.57. The van der Waals surface area contributed by atoms with Crippen LogP contribution in [0.5, 0.6) is 0 Å². The molecule has 3 heteroatoms. The quantitative estimate of drug-likeness (QED) is 0.753. The third-order valence-electron chi connectivity index (χ3n) is 2.63. The first kappa shape index (κ1) is 13.1. The fraction of sp³-hybridized carbons (Fsp3) is 0.133. The molecule has 0 bridgehead atoms. The maximum absolute atomic E-state index is 9.30. The zero-order valence-corrected chi connectivity index (χ0v) is 11.9. The molecule has 0 heterocycles. The average molecular weight is 271 g/mol. The van der Waals surface area contributed by atoms with E-state index in [4.69, 9.17) is 0 Å². The van der Waals surface area contributed by atoms with Crippen LogP contribution in [0.15, 0.2) is 57.2 Å². The minimum absolute atomic E-state index is 0.776. The third kappa shape index (κ3) is 2.72. The summed E-state index contributed by atoms with van der Waals surface area (Å²) in [6, 6.07) is 16.6. The summed E-state index contributed by atoms with van der Waals surface area (Å²) in [5.41, 5.74) is 2.01. The molecule has 0 aliphatic heterocycles. The number of aryl methyl sites for hydroxylation is 1. The molecule has 1 nitrogen and oxygen atoms in total. The maximum atomic E-state index is 9.30. The van der Waals surface area contributed by atoms with E-state index in [9.17, 15) is 5.26 Å². The van der Waals surface area contributed by atoms with Crippen molar-refractivity contribution in [3.05, 3.63) is 53.6 Å². The fourth-order valence-corrected chi connectivity index (χ4v) is 3.32. The van der Waals surface area contributed by atoms with Crippen molar-refractivity contribution in [2.75, 3.05) is 6.26 Å². The van der Waals surface area contributed by atoms with Gasteiger partial charge in [0.1, 0.15) is 6.07 Å². The van der Waals surface area contributed by atoms with E-state index >= 15 is 0 Å². The van der Waals surface area contributed by atoms with E-state index < -0.39 is 0 Å². The summed E-state index contributed by atoms with van der Waals surface area (Å²) in [6.07, 6.45) is 2.00. The fourth-order valence-electron chi connectivity index (χ4n) is 1.67. The highest BCUT2D eigenvalue weighted by atomic mass is 32.2. The van der Waals surface area contributed by atoms with Gasteiger partial charge in [-0.1, -0.05) is 36.0 Å². The lowest BCUT2D eigenvalue weighted by Gasteiger charge is -2.09. The van der Waals surface area contributed by atoms with Crippen LogP contribution >= 0.6 is 23.5 Å². The van der Waals surface area contributed by atoms with Crippen LogP contribution in [0.25, 0.3) is 0 Å². The molecule has 2 rings (SSSR count). The highest BCUT2D eigenvalue weighted by molar-refractivity contribution is 8.00. The van der Waals surface area contributed by atoms with E-state index in [0.717, 1.165) is 15.4 Å². The zero-order chi connectivity index (χ0) is 13.0.